The number of benzene rings is 1. The van der Waals surface area contributed by atoms with Crippen molar-refractivity contribution >= 4 is 5.91 Å². The summed E-state index contributed by atoms with van der Waals surface area (Å²) in [5.74, 6) is 0.0451. The Morgan fingerprint density at radius 1 is 1.10 bits per heavy atom. The molecule has 0 fully saturated rings. The van der Waals surface area contributed by atoms with Crippen molar-refractivity contribution in [2.45, 2.75) is 46.0 Å². The summed E-state index contributed by atoms with van der Waals surface area (Å²) in [5.41, 5.74) is -0.743. The predicted octanol–water partition coefficient (Wildman–Crippen LogP) is 3.73. The van der Waals surface area contributed by atoms with Crippen LogP contribution in [0.4, 0.5) is 13.2 Å². The van der Waals surface area contributed by atoms with E-state index in [-0.39, 0.29) is 30.3 Å². The average molecular weight is 303 g/mol. The van der Waals surface area contributed by atoms with E-state index in [0.717, 1.165) is 12.1 Å². The Kier molecular flexibility index (Phi) is 5.63. The third kappa shape index (κ3) is 4.95. The minimum atomic E-state index is -4.37. The molecule has 6 heteroatoms. The molecule has 118 valence electrons. The summed E-state index contributed by atoms with van der Waals surface area (Å²) >= 11 is 0. The van der Waals surface area contributed by atoms with Crippen LogP contribution in [-0.4, -0.2) is 29.5 Å². The molecular formula is C15H20F3NO2. The Morgan fingerprint density at radius 2 is 1.57 bits per heavy atom. The van der Waals surface area contributed by atoms with Crippen LogP contribution in [0.5, 0.6) is 5.75 Å². The normalized spacial score (nSPS) is 11.9. The van der Waals surface area contributed by atoms with Gasteiger partial charge in [0.05, 0.1) is 5.56 Å². The van der Waals surface area contributed by atoms with Crippen molar-refractivity contribution in [2.24, 2.45) is 0 Å². The number of halogens is 3. The van der Waals surface area contributed by atoms with Gasteiger partial charge in [0.1, 0.15) is 5.75 Å². The maximum absolute atomic E-state index is 12.4. The second kappa shape index (κ2) is 6.83. The molecule has 3 nitrogen and oxygen atoms in total. The van der Waals surface area contributed by atoms with Gasteiger partial charge >= 0.3 is 6.18 Å². The molecule has 0 heterocycles. The summed E-state index contributed by atoms with van der Waals surface area (Å²) in [6.45, 7) is 7.40. The number of alkyl halides is 3. The van der Waals surface area contributed by atoms with Crippen LogP contribution in [-0.2, 0) is 11.0 Å². The van der Waals surface area contributed by atoms with Gasteiger partial charge in [-0.25, -0.2) is 0 Å². The molecule has 0 aliphatic heterocycles. The molecule has 0 saturated carbocycles. The fourth-order valence-corrected chi connectivity index (χ4v) is 2.13. The first-order valence-corrected chi connectivity index (χ1v) is 6.74. The van der Waals surface area contributed by atoms with E-state index in [2.05, 4.69) is 0 Å². The van der Waals surface area contributed by atoms with Crippen molar-refractivity contribution in [3.8, 4) is 5.75 Å². The van der Waals surface area contributed by atoms with Crippen molar-refractivity contribution < 1.29 is 22.7 Å². The number of nitrogens with zero attached hydrogens (tertiary/aromatic N) is 1. The van der Waals surface area contributed by atoms with Crippen molar-refractivity contribution in [3.63, 3.8) is 0 Å². The lowest BCUT2D eigenvalue weighted by Crippen LogP contribution is -2.44. The van der Waals surface area contributed by atoms with E-state index in [4.69, 9.17) is 4.74 Å². The van der Waals surface area contributed by atoms with Crippen LogP contribution in [0.1, 0.15) is 33.3 Å². The Balaban J connectivity index is 2.65. The van der Waals surface area contributed by atoms with Gasteiger partial charge in [0.15, 0.2) is 6.61 Å². The molecule has 0 aliphatic rings. The van der Waals surface area contributed by atoms with Gasteiger partial charge in [-0.1, -0.05) is 0 Å². The first-order valence-electron chi connectivity index (χ1n) is 6.74. The Labute approximate surface area is 122 Å². The van der Waals surface area contributed by atoms with Gasteiger partial charge < -0.3 is 9.64 Å². The zero-order valence-corrected chi connectivity index (χ0v) is 12.6. The second-order valence-corrected chi connectivity index (χ2v) is 5.30. The van der Waals surface area contributed by atoms with Crippen LogP contribution < -0.4 is 4.74 Å². The third-order valence-electron chi connectivity index (χ3n) is 2.94. The summed E-state index contributed by atoms with van der Waals surface area (Å²) < 4.78 is 42.5. The molecule has 1 rings (SSSR count). The van der Waals surface area contributed by atoms with Gasteiger partial charge in [-0.2, -0.15) is 13.2 Å². The minimum Gasteiger partial charge on any atom is -0.484 e. The molecule has 0 aliphatic carbocycles. The number of amides is 1. The topological polar surface area (TPSA) is 29.5 Å². The van der Waals surface area contributed by atoms with E-state index in [9.17, 15) is 18.0 Å². The molecule has 0 unspecified atom stereocenters. The maximum atomic E-state index is 12.4. The number of ether oxygens (including phenoxy) is 1. The SMILES string of the molecule is CC(C)N(C(=O)COc1ccc(C(F)(F)F)cc1)C(C)C. The second-order valence-electron chi connectivity index (χ2n) is 5.30. The highest BCUT2D eigenvalue weighted by molar-refractivity contribution is 5.78. The Bertz CT molecular complexity index is 459. The number of rotatable bonds is 5. The third-order valence-corrected chi connectivity index (χ3v) is 2.94. The van der Waals surface area contributed by atoms with E-state index >= 15 is 0 Å². The van der Waals surface area contributed by atoms with Crippen LogP contribution >= 0.6 is 0 Å². The summed E-state index contributed by atoms with van der Waals surface area (Å²) in [4.78, 5) is 13.7. The van der Waals surface area contributed by atoms with Gasteiger partial charge in [0.25, 0.3) is 5.91 Å². The molecule has 1 aromatic carbocycles. The van der Waals surface area contributed by atoms with E-state index in [1.165, 1.54) is 12.1 Å². The molecule has 0 bridgehead atoms. The standard InChI is InChI=1S/C15H20F3NO2/c1-10(2)19(11(3)4)14(20)9-21-13-7-5-12(6-8-13)15(16,17)18/h5-8,10-11H,9H2,1-4H3. The molecular weight excluding hydrogens is 283 g/mol. The zero-order valence-electron chi connectivity index (χ0n) is 12.6. The molecule has 0 aromatic heterocycles. The lowest BCUT2D eigenvalue weighted by atomic mass is 10.2. The quantitative estimate of drug-likeness (QED) is 0.829. The van der Waals surface area contributed by atoms with Crippen molar-refractivity contribution in [1.82, 2.24) is 4.90 Å². The zero-order chi connectivity index (χ0) is 16.2. The summed E-state index contributed by atoms with van der Waals surface area (Å²) in [6.07, 6.45) is -4.37. The van der Waals surface area contributed by atoms with Crippen molar-refractivity contribution in [3.05, 3.63) is 29.8 Å². The van der Waals surface area contributed by atoms with Gasteiger partial charge in [0, 0.05) is 12.1 Å². The van der Waals surface area contributed by atoms with E-state index < -0.39 is 11.7 Å². The number of carbonyl (C=O) groups is 1. The molecule has 1 amide bonds. The molecule has 21 heavy (non-hydrogen) atoms. The maximum Gasteiger partial charge on any atom is 0.416 e. The van der Waals surface area contributed by atoms with Gasteiger partial charge in [0.2, 0.25) is 0 Å². The van der Waals surface area contributed by atoms with E-state index in [1.807, 2.05) is 27.7 Å². The number of hydrogen-bond donors (Lipinski definition) is 0. The molecule has 0 saturated heterocycles. The first-order chi connectivity index (χ1) is 9.62. The number of hydrogen-bond acceptors (Lipinski definition) is 2. The van der Waals surface area contributed by atoms with Crippen LogP contribution in [0.25, 0.3) is 0 Å². The van der Waals surface area contributed by atoms with Crippen LogP contribution in [0.3, 0.4) is 0 Å². The highest BCUT2D eigenvalue weighted by atomic mass is 19.4. The average Bonchev–Trinajstić information content (AvgIpc) is 2.35. The minimum absolute atomic E-state index is 0.0358. The Morgan fingerprint density at radius 3 is 1.95 bits per heavy atom. The molecule has 0 atom stereocenters. The summed E-state index contributed by atoms with van der Waals surface area (Å²) in [6, 6.07) is 4.36. The van der Waals surface area contributed by atoms with Crippen molar-refractivity contribution in [1.29, 1.82) is 0 Å². The van der Waals surface area contributed by atoms with Crippen LogP contribution in [0, 0.1) is 0 Å². The van der Waals surface area contributed by atoms with Crippen molar-refractivity contribution in [2.75, 3.05) is 6.61 Å². The van der Waals surface area contributed by atoms with E-state index in [1.54, 1.807) is 4.90 Å². The highest BCUT2D eigenvalue weighted by Crippen LogP contribution is 2.30. The largest absolute Gasteiger partial charge is 0.484 e. The predicted molar refractivity (Wildman–Crippen MR) is 74.1 cm³/mol. The van der Waals surface area contributed by atoms with Gasteiger partial charge in [-0.3, -0.25) is 4.79 Å². The van der Waals surface area contributed by atoms with Crippen LogP contribution in [0.2, 0.25) is 0 Å². The molecule has 1 aromatic rings. The van der Waals surface area contributed by atoms with Gasteiger partial charge in [-0.15, -0.1) is 0 Å². The van der Waals surface area contributed by atoms with E-state index in [0.29, 0.717) is 0 Å². The lowest BCUT2D eigenvalue weighted by Gasteiger charge is -2.30. The highest BCUT2D eigenvalue weighted by Gasteiger charge is 2.30. The van der Waals surface area contributed by atoms with Crippen LogP contribution in [0.15, 0.2) is 24.3 Å². The summed E-state index contributed by atoms with van der Waals surface area (Å²) in [5, 5.41) is 0. The first kappa shape index (κ1) is 17.3. The lowest BCUT2D eigenvalue weighted by molar-refractivity contribution is -0.138. The fourth-order valence-electron chi connectivity index (χ4n) is 2.13. The van der Waals surface area contributed by atoms with Gasteiger partial charge in [-0.05, 0) is 52.0 Å². The molecule has 0 radical (unpaired) electrons. The summed E-state index contributed by atoms with van der Waals surface area (Å²) in [7, 11) is 0. The monoisotopic (exact) mass is 303 g/mol. The molecule has 0 spiro atoms. The number of carbonyl (C=O) groups excluding carboxylic acids is 1. The Hall–Kier alpha value is -1.72. The fraction of sp³-hybridized carbons (Fsp3) is 0.533. The smallest absolute Gasteiger partial charge is 0.416 e. The molecule has 0 N–H and O–H groups in total.